The van der Waals surface area contributed by atoms with Crippen LogP contribution in [0.3, 0.4) is 0 Å². The topological polar surface area (TPSA) is 55.1 Å². The standard InChI is InChI=1S/C14H22N2O2/c1-11-10-13(18-16-11)8-9-15-14(17)7-6-12-4-2-3-5-12/h10,12H,2-9H2,1H3,(H,15,17). The predicted molar refractivity (Wildman–Crippen MR) is 69.1 cm³/mol. The van der Waals surface area contributed by atoms with Crippen molar-refractivity contribution in [1.82, 2.24) is 10.5 Å². The maximum absolute atomic E-state index is 11.6. The molecule has 0 saturated heterocycles. The van der Waals surface area contributed by atoms with Gasteiger partial charge in [0.1, 0.15) is 5.76 Å². The second-order valence-corrected chi connectivity index (χ2v) is 5.22. The van der Waals surface area contributed by atoms with Crippen LogP contribution in [-0.4, -0.2) is 17.6 Å². The van der Waals surface area contributed by atoms with Crippen LogP contribution in [0, 0.1) is 12.8 Å². The van der Waals surface area contributed by atoms with Gasteiger partial charge in [-0.1, -0.05) is 30.8 Å². The molecule has 1 aliphatic rings. The molecule has 0 aliphatic heterocycles. The molecule has 1 heterocycles. The zero-order chi connectivity index (χ0) is 12.8. The molecular weight excluding hydrogens is 228 g/mol. The van der Waals surface area contributed by atoms with Crippen molar-refractivity contribution in [3.8, 4) is 0 Å². The van der Waals surface area contributed by atoms with E-state index in [1.54, 1.807) is 0 Å². The Morgan fingerprint density at radius 2 is 2.28 bits per heavy atom. The smallest absolute Gasteiger partial charge is 0.220 e. The van der Waals surface area contributed by atoms with Crippen LogP contribution in [0.5, 0.6) is 0 Å². The quantitative estimate of drug-likeness (QED) is 0.844. The van der Waals surface area contributed by atoms with E-state index in [0.717, 1.165) is 30.2 Å². The SMILES string of the molecule is Cc1cc(CCNC(=O)CCC2CCCC2)on1. The summed E-state index contributed by atoms with van der Waals surface area (Å²) < 4.78 is 5.09. The molecule has 0 spiro atoms. The molecule has 18 heavy (non-hydrogen) atoms. The fourth-order valence-electron chi connectivity index (χ4n) is 2.58. The first-order valence-corrected chi connectivity index (χ1v) is 6.93. The number of carbonyl (C=O) groups is 1. The second-order valence-electron chi connectivity index (χ2n) is 5.22. The Hall–Kier alpha value is -1.32. The monoisotopic (exact) mass is 250 g/mol. The largest absolute Gasteiger partial charge is 0.361 e. The minimum absolute atomic E-state index is 0.165. The molecule has 1 N–H and O–H groups in total. The molecule has 0 radical (unpaired) electrons. The zero-order valence-electron chi connectivity index (χ0n) is 11.1. The normalized spacial score (nSPS) is 16.1. The lowest BCUT2D eigenvalue weighted by molar-refractivity contribution is -0.121. The van der Waals surface area contributed by atoms with E-state index >= 15 is 0 Å². The second kappa shape index (κ2) is 6.57. The molecule has 0 bridgehead atoms. The van der Waals surface area contributed by atoms with E-state index < -0.39 is 0 Å². The molecule has 1 aliphatic carbocycles. The molecule has 1 aromatic heterocycles. The highest BCUT2D eigenvalue weighted by Crippen LogP contribution is 2.28. The van der Waals surface area contributed by atoms with Crippen molar-refractivity contribution in [1.29, 1.82) is 0 Å². The predicted octanol–water partition coefficient (Wildman–Crippen LogP) is 2.61. The summed E-state index contributed by atoms with van der Waals surface area (Å²) in [5.41, 5.74) is 0.887. The third kappa shape index (κ3) is 4.17. The minimum atomic E-state index is 0.165. The highest BCUT2D eigenvalue weighted by molar-refractivity contribution is 5.75. The number of amides is 1. The van der Waals surface area contributed by atoms with E-state index in [1.807, 2.05) is 13.0 Å². The van der Waals surface area contributed by atoms with Gasteiger partial charge in [0, 0.05) is 25.5 Å². The van der Waals surface area contributed by atoms with E-state index in [9.17, 15) is 4.79 Å². The molecular formula is C14H22N2O2. The van der Waals surface area contributed by atoms with Crippen LogP contribution in [0.25, 0.3) is 0 Å². The molecule has 1 aromatic rings. The van der Waals surface area contributed by atoms with E-state index in [4.69, 9.17) is 4.52 Å². The summed E-state index contributed by atoms with van der Waals surface area (Å²) in [6, 6.07) is 1.91. The Morgan fingerprint density at radius 3 is 2.94 bits per heavy atom. The van der Waals surface area contributed by atoms with E-state index in [1.165, 1.54) is 25.7 Å². The van der Waals surface area contributed by atoms with E-state index in [2.05, 4.69) is 10.5 Å². The lowest BCUT2D eigenvalue weighted by Gasteiger charge is -2.08. The molecule has 0 aromatic carbocycles. The van der Waals surface area contributed by atoms with Gasteiger partial charge in [-0.15, -0.1) is 0 Å². The molecule has 100 valence electrons. The van der Waals surface area contributed by atoms with E-state index in [0.29, 0.717) is 13.0 Å². The fourth-order valence-corrected chi connectivity index (χ4v) is 2.58. The number of aryl methyl sites for hydroxylation is 1. The van der Waals surface area contributed by atoms with Gasteiger partial charge in [-0.3, -0.25) is 4.79 Å². The number of aromatic nitrogens is 1. The van der Waals surface area contributed by atoms with E-state index in [-0.39, 0.29) is 5.91 Å². The van der Waals surface area contributed by atoms with Crippen molar-refractivity contribution in [3.05, 3.63) is 17.5 Å². The minimum Gasteiger partial charge on any atom is -0.361 e. The maximum atomic E-state index is 11.6. The van der Waals surface area contributed by atoms with Crippen LogP contribution in [0.2, 0.25) is 0 Å². The number of carbonyl (C=O) groups excluding carboxylic acids is 1. The summed E-state index contributed by atoms with van der Waals surface area (Å²) in [6.45, 7) is 2.53. The highest BCUT2D eigenvalue weighted by atomic mass is 16.5. The van der Waals surface area contributed by atoms with Crippen molar-refractivity contribution in [2.45, 2.75) is 51.9 Å². The van der Waals surface area contributed by atoms with Gasteiger partial charge < -0.3 is 9.84 Å². The average Bonchev–Trinajstić information content (AvgIpc) is 2.98. The lowest BCUT2D eigenvalue weighted by Crippen LogP contribution is -2.25. The summed E-state index contributed by atoms with van der Waals surface area (Å²) in [7, 11) is 0. The number of rotatable bonds is 6. The van der Waals surface area contributed by atoms with Gasteiger partial charge in [-0.05, 0) is 19.3 Å². The third-order valence-corrected chi connectivity index (χ3v) is 3.62. The average molecular weight is 250 g/mol. The highest BCUT2D eigenvalue weighted by Gasteiger charge is 2.15. The van der Waals surface area contributed by atoms with Gasteiger partial charge in [-0.25, -0.2) is 0 Å². The molecule has 1 saturated carbocycles. The van der Waals surface area contributed by atoms with Gasteiger partial charge in [0.05, 0.1) is 5.69 Å². The zero-order valence-corrected chi connectivity index (χ0v) is 11.1. The van der Waals surface area contributed by atoms with Crippen LogP contribution in [-0.2, 0) is 11.2 Å². The van der Waals surface area contributed by atoms with Crippen molar-refractivity contribution < 1.29 is 9.32 Å². The Morgan fingerprint density at radius 1 is 1.50 bits per heavy atom. The summed E-state index contributed by atoms with van der Waals surface area (Å²) in [5, 5.41) is 6.75. The lowest BCUT2D eigenvalue weighted by atomic mass is 10.0. The van der Waals surface area contributed by atoms with Crippen molar-refractivity contribution in [3.63, 3.8) is 0 Å². The first-order chi connectivity index (χ1) is 8.74. The van der Waals surface area contributed by atoms with Gasteiger partial charge >= 0.3 is 0 Å². The van der Waals surface area contributed by atoms with Crippen LogP contribution in [0.15, 0.2) is 10.6 Å². The van der Waals surface area contributed by atoms with Gasteiger partial charge in [-0.2, -0.15) is 0 Å². The molecule has 0 unspecified atom stereocenters. The molecule has 4 heteroatoms. The van der Waals surface area contributed by atoms with Crippen LogP contribution in [0.4, 0.5) is 0 Å². The van der Waals surface area contributed by atoms with Crippen LogP contribution < -0.4 is 5.32 Å². The number of nitrogens with zero attached hydrogens (tertiary/aromatic N) is 1. The number of nitrogens with one attached hydrogen (secondary N) is 1. The fraction of sp³-hybridized carbons (Fsp3) is 0.714. The molecule has 0 atom stereocenters. The maximum Gasteiger partial charge on any atom is 0.220 e. The molecule has 2 rings (SSSR count). The van der Waals surface area contributed by atoms with Gasteiger partial charge in [0.25, 0.3) is 0 Å². The Balaban J connectivity index is 1.57. The molecule has 1 amide bonds. The summed E-state index contributed by atoms with van der Waals surface area (Å²) in [5.74, 6) is 1.79. The van der Waals surface area contributed by atoms with Gasteiger partial charge in [0.15, 0.2) is 0 Å². The van der Waals surface area contributed by atoms with Crippen LogP contribution in [0.1, 0.15) is 50.0 Å². The third-order valence-electron chi connectivity index (χ3n) is 3.62. The summed E-state index contributed by atoms with van der Waals surface area (Å²) in [4.78, 5) is 11.6. The number of hydrogen-bond acceptors (Lipinski definition) is 3. The van der Waals surface area contributed by atoms with Crippen molar-refractivity contribution in [2.24, 2.45) is 5.92 Å². The van der Waals surface area contributed by atoms with Crippen LogP contribution >= 0.6 is 0 Å². The Bertz CT molecular complexity index is 381. The molecule has 1 fully saturated rings. The summed E-state index contributed by atoms with van der Waals surface area (Å²) in [6.07, 6.45) is 7.74. The molecule has 4 nitrogen and oxygen atoms in total. The Kier molecular flexibility index (Phi) is 4.79. The van der Waals surface area contributed by atoms with Crippen molar-refractivity contribution >= 4 is 5.91 Å². The first-order valence-electron chi connectivity index (χ1n) is 6.93. The number of hydrogen-bond donors (Lipinski definition) is 1. The van der Waals surface area contributed by atoms with Crippen molar-refractivity contribution in [2.75, 3.05) is 6.54 Å². The Labute approximate surface area is 108 Å². The summed E-state index contributed by atoms with van der Waals surface area (Å²) >= 11 is 0. The van der Waals surface area contributed by atoms with Gasteiger partial charge in [0.2, 0.25) is 5.91 Å². The first kappa shape index (κ1) is 13.1.